The molecule has 4 nitrogen and oxygen atoms in total. The number of hydrogen-bond donors (Lipinski definition) is 2. The smallest absolute Gasteiger partial charge is 0.123 e. The molecule has 0 aliphatic carbocycles. The normalized spacial score (nSPS) is 22.3. The van der Waals surface area contributed by atoms with Gasteiger partial charge in [-0.15, -0.1) is 0 Å². The first-order chi connectivity index (χ1) is 9.20. The number of nitrogen functional groups attached to an aromatic ring is 1. The predicted molar refractivity (Wildman–Crippen MR) is 83.6 cm³/mol. The zero-order valence-electron chi connectivity index (χ0n) is 11.8. The number of nitrogens with zero attached hydrogens (tertiary/aromatic N) is 2. The zero-order valence-corrected chi connectivity index (χ0v) is 12.6. The van der Waals surface area contributed by atoms with Crippen molar-refractivity contribution in [3.63, 3.8) is 0 Å². The predicted octanol–water partition coefficient (Wildman–Crippen LogP) is 1.23. The molecule has 2 rings (SSSR count). The van der Waals surface area contributed by atoms with E-state index < -0.39 is 0 Å². The van der Waals surface area contributed by atoms with Crippen molar-refractivity contribution >= 4 is 17.6 Å². The number of hydrogen-bond acceptors (Lipinski definition) is 5. The molecule has 0 amide bonds. The number of rotatable bonds is 5. The molecular weight excluding hydrogens is 256 g/mol. The third-order valence-corrected chi connectivity index (χ3v) is 4.72. The molecule has 0 spiro atoms. The van der Waals surface area contributed by atoms with Crippen LogP contribution in [0.2, 0.25) is 0 Å². The van der Waals surface area contributed by atoms with Crippen molar-refractivity contribution in [2.45, 2.75) is 25.4 Å². The molecule has 1 aromatic heterocycles. The number of nitrogens with one attached hydrogen (secondary N) is 1. The van der Waals surface area contributed by atoms with Crippen LogP contribution in [0.3, 0.4) is 0 Å². The molecule has 0 saturated carbocycles. The molecule has 0 bridgehead atoms. The molecule has 2 unspecified atom stereocenters. The Morgan fingerprint density at radius 2 is 2.47 bits per heavy atom. The van der Waals surface area contributed by atoms with Crippen LogP contribution in [-0.4, -0.2) is 53.6 Å². The Labute approximate surface area is 120 Å². The summed E-state index contributed by atoms with van der Waals surface area (Å²) in [6.45, 7) is 4.35. The van der Waals surface area contributed by atoms with Crippen LogP contribution in [0.25, 0.3) is 0 Å². The minimum Gasteiger partial charge on any atom is -0.384 e. The molecule has 1 fully saturated rings. The van der Waals surface area contributed by atoms with E-state index in [1.807, 2.05) is 6.07 Å². The van der Waals surface area contributed by atoms with Crippen molar-refractivity contribution in [3.05, 3.63) is 23.9 Å². The van der Waals surface area contributed by atoms with E-state index in [9.17, 15) is 0 Å². The number of aromatic nitrogens is 1. The van der Waals surface area contributed by atoms with Gasteiger partial charge in [-0.05, 0) is 37.7 Å². The van der Waals surface area contributed by atoms with Gasteiger partial charge < -0.3 is 16.0 Å². The maximum atomic E-state index is 5.77. The average Bonchev–Trinajstić information content (AvgIpc) is 2.39. The van der Waals surface area contributed by atoms with Gasteiger partial charge in [0.15, 0.2) is 0 Å². The molecular formula is C14H24N4S. The fourth-order valence-corrected chi connectivity index (χ4v) is 3.92. The van der Waals surface area contributed by atoms with Gasteiger partial charge in [0.25, 0.3) is 0 Å². The van der Waals surface area contributed by atoms with Gasteiger partial charge in [-0.1, -0.05) is 6.92 Å². The van der Waals surface area contributed by atoms with Crippen molar-refractivity contribution in [3.8, 4) is 0 Å². The molecule has 106 valence electrons. The SMILES string of the molecule is CCNC(Cc1ccnc(N)c1)C1CSCCN1C. The second kappa shape index (κ2) is 7.12. The van der Waals surface area contributed by atoms with Gasteiger partial charge in [0, 0.05) is 36.3 Å². The maximum absolute atomic E-state index is 5.77. The monoisotopic (exact) mass is 280 g/mol. The lowest BCUT2D eigenvalue weighted by molar-refractivity contribution is 0.215. The minimum absolute atomic E-state index is 0.476. The van der Waals surface area contributed by atoms with E-state index in [0.717, 1.165) is 13.0 Å². The van der Waals surface area contributed by atoms with Crippen LogP contribution in [0.1, 0.15) is 12.5 Å². The Hall–Kier alpha value is -0.780. The topological polar surface area (TPSA) is 54.2 Å². The quantitative estimate of drug-likeness (QED) is 0.850. The highest BCUT2D eigenvalue weighted by Crippen LogP contribution is 2.20. The highest BCUT2D eigenvalue weighted by molar-refractivity contribution is 7.99. The van der Waals surface area contributed by atoms with E-state index in [-0.39, 0.29) is 0 Å². The second-order valence-corrected chi connectivity index (χ2v) is 6.23. The van der Waals surface area contributed by atoms with Crippen molar-refractivity contribution in [1.29, 1.82) is 0 Å². The first-order valence-electron chi connectivity index (χ1n) is 6.92. The molecule has 0 radical (unpaired) electrons. The van der Waals surface area contributed by atoms with E-state index in [4.69, 9.17) is 5.73 Å². The third kappa shape index (κ3) is 4.09. The molecule has 5 heteroatoms. The Morgan fingerprint density at radius 3 is 3.16 bits per heavy atom. The average molecular weight is 280 g/mol. The van der Waals surface area contributed by atoms with Gasteiger partial charge in [0.05, 0.1) is 0 Å². The van der Waals surface area contributed by atoms with Crippen LogP contribution in [-0.2, 0) is 6.42 Å². The first-order valence-corrected chi connectivity index (χ1v) is 8.08. The molecule has 2 heterocycles. The van der Waals surface area contributed by atoms with E-state index in [2.05, 4.69) is 47.0 Å². The fraction of sp³-hybridized carbons (Fsp3) is 0.643. The standard InChI is InChI=1S/C14H24N4S/c1-3-16-12(13-10-19-7-6-18(13)2)8-11-4-5-17-14(15)9-11/h4-5,9,12-13,16H,3,6-8,10H2,1-2H3,(H2,15,17). The van der Waals surface area contributed by atoms with Crippen molar-refractivity contribution < 1.29 is 0 Å². The Kier molecular flexibility index (Phi) is 5.48. The van der Waals surface area contributed by atoms with Crippen LogP contribution < -0.4 is 11.1 Å². The highest BCUT2D eigenvalue weighted by atomic mass is 32.2. The van der Waals surface area contributed by atoms with E-state index in [1.165, 1.54) is 23.6 Å². The molecule has 2 atom stereocenters. The summed E-state index contributed by atoms with van der Waals surface area (Å²) in [4.78, 5) is 6.54. The summed E-state index contributed by atoms with van der Waals surface area (Å²) in [6, 6.07) is 5.12. The first kappa shape index (κ1) is 14.6. The molecule has 1 aromatic rings. The number of anilines is 1. The van der Waals surface area contributed by atoms with Gasteiger partial charge in [0.2, 0.25) is 0 Å². The number of thioether (sulfide) groups is 1. The van der Waals surface area contributed by atoms with Gasteiger partial charge in [-0.2, -0.15) is 11.8 Å². The van der Waals surface area contributed by atoms with Gasteiger partial charge >= 0.3 is 0 Å². The van der Waals surface area contributed by atoms with E-state index in [1.54, 1.807) is 6.20 Å². The van der Waals surface area contributed by atoms with Crippen molar-refractivity contribution in [1.82, 2.24) is 15.2 Å². The summed E-state index contributed by atoms with van der Waals surface area (Å²) in [6.07, 6.45) is 2.81. The van der Waals surface area contributed by atoms with Crippen LogP contribution in [0.15, 0.2) is 18.3 Å². The largest absolute Gasteiger partial charge is 0.384 e. The lowest BCUT2D eigenvalue weighted by atomic mass is 9.99. The summed E-state index contributed by atoms with van der Waals surface area (Å²) in [5.41, 5.74) is 7.03. The van der Waals surface area contributed by atoms with Crippen molar-refractivity contribution in [2.24, 2.45) is 0 Å². The second-order valence-electron chi connectivity index (χ2n) is 5.08. The molecule has 1 aliphatic rings. The summed E-state index contributed by atoms with van der Waals surface area (Å²) in [7, 11) is 2.23. The number of nitrogens with two attached hydrogens (primary N) is 1. The van der Waals surface area contributed by atoms with Crippen molar-refractivity contribution in [2.75, 3.05) is 37.4 Å². The summed E-state index contributed by atoms with van der Waals surface area (Å²) in [5, 5.41) is 3.63. The lowest BCUT2D eigenvalue weighted by Crippen LogP contribution is -2.53. The Bertz CT molecular complexity index is 399. The molecule has 0 aromatic carbocycles. The number of pyridine rings is 1. The number of likely N-dealkylation sites (N-methyl/N-ethyl adjacent to an activating group) is 2. The minimum atomic E-state index is 0.476. The summed E-state index contributed by atoms with van der Waals surface area (Å²) < 4.78 is 0. The molecule has 1 aliphatic heterocycles. The molecule has 19 heavy (non-hydrogen) atoms. The van der Waals surface area contributed by atoms with Crippen LogP contribution >= 0.6 is 11.8 Å². The molecule has 3 N–H and O–H groups in total. The molecule has 1 saturated heterocycles. The maximum Gasteiger partial charge on any atom is 0.123 e. The van der Waals surface area contributed by atoms with Gasteiger partial charge in [0.1, 0.15) is 5.82 Å². The zero-order chi connectivity index (χ0) is 13.7. The third-order valence-electron chi connectivity index (χ3n) is 3.67. The van der Waals surface area contributed by atoms with Crippen LogP contribution in [0, 0.1) is 0 Å². The van der Waals surface area contributed by atoms with Gasteiger partial charge in [-0.25, -0.2) is 4.98 Å². The van der Waals surface area contributed by atoms with E-state index in [0.29, 0.717) is 17.9 Å². The van der Waals surface area contributed by atoms with Crippen LogP contribution in [0.5, 0.6) is 0 Å². The van der Waals surface area contributed by atoms with E-state index >= 15 is 0 Å². The Morgan fingerprint density at radius 1 is 1.63 bits per heavy atom. The fourth-order valence-electron chi connectivity index (χ4n) is 2.61. The lowest BCUT2D eigenvalue weighted by Gasteiger charge is -2.38. The highest BCUT2D eigenvalue weighted by Gasteiger charge is 2.27. The van der Waals surface area contributed by atoms with Crippen LogP contribution in [0.4, 0.5) is 5.82 Å². The summed E-state index contributed by atoms with van der Waals surface area (Å²) in [5.74, 6) is 3.06. The Balaban J connectivity index is 2.06. The summed E-state index contributed by atoms with van der Waals surface area (Å²) >= 11 is 2.06. The van der Waals surface area contributed by atoms with Gasteiger partial charge in [-0.3, -0.25) is 0 Å².